The maximum Gasteiger partial charge on any atom is 0.120 e. The molecule has 21 heavy (non-hydrogen) atoms. The summed E-state index contributed by atoms with van der Waals surface area (Å²) in [7, 11) is 0. The Morgan fingerprint density at radius 2 is 1.76 bits per heavy atom. The maximum atomic E-state index is 10.4. The molecular formula is C19H25NO. The van der Waals surface area contributed by atoms with Gasteiger partial charge in [0.1, 0.15) is 5.75 Å². The molecular weight excluding hydrogens is 258 g/mol. The molecule has 4 aliphatic carbocycles. The van der Waals surface area contributed by atoms with Crippen molar-refractivity contribution >= 4 is 0 Å². The Morgan fingerprint density at radius 3 is 2.48 bits per heavy atom. The highest BCUT2D eigenvalue weighted by molar-refractivity contribution is 5.51. The number of phenols is 1. The summed E-state index contributed by atoms with van der Waals surface area (Å²) >= 11 is 0. The van der Waals surface area contributed by atoms with E-state index < -0.39 is 0 Å². The SMILES string of the molecule is Cc1ccc(O)c2c1C(C)CC2NC1C2C3CCC(C3)C12. The smallest absolute Gasteiger partial charge is 0.120 e. The summed E-state index contributed by atoms with van der Waals surface area (Å²) in [4.78, 5) is 0. The van der Waals surface area contributed by atoms with Crippen LogP contribution in [0.2, 0.25) is 0 Å². The number of benzene rings is 1. The minimum absolute atomic E-state index is 0.380. The first-order chi connectivity index (χ1) is 10.1. The van der Waals surface area contributed by atoms with Crippen LogP contribution in [0.5, 0.6) is 5.75 Å². The topological polar surface area (TPSA) is 32.3 Å². The average molecular weight is 283 g/mol. The van der Waals surface area contributed by atoms with Crippen LogP contribution in [0.15, 0.2) is 12.1 Å². The monoisotopic (exact) mass is 283 g/mol. The molecule has 0 aromatic heterocycles. The van der Waals surface area contributed by atoms with Crippen molar-refractivity contribution in [2.75, 3.05) is 0 Å². The van der Waals surface area contributed by atoms with Gasteiger partial charge >= 0.3 is 0 Å². The fourth-order valence-electron chi connectivity index (χ4n) is 6.28. The van der Waals surface area contributed by atoms with Crippen LogP contribution in [0.4, 0.5) is 0 Å². The molecule has 1 aromatic carbocycles. The van der Waals surface area contributed by atoms with Crippen LogP contribution in [0.3, 0.4) is 0 Å². The molecule has 3 fully saturated rings. The maximum absolute atomic E-state index is 10.4. The lowest BCUT2D eigenvalue weighted by Gasteiger charge is -2.18. The van der Waals surface area contributed by atoms with Crippen LogP contribution in [-0.2, 0) is 0 Å². The lowest BCUT2D eigenvalue weighted by atomic mass is 9.97. The van der Waals surface area contributed by atoms with Crippen LogP contribution < -0.4 is 5.32 Å². The normalized spacial score (nSPS) is 45.7. The predicted molar refractivity (Wildman–Crippen MR) is 83.4 cm³/mol. The van der Waals surface area contributed by atoms with Gasteiger partial charge in [-0.25, -0.2) is 0 Å². The second-order valence-electron chi connectivity index (χ2n) is 8.10. The minimum atomic E-state index is 0.380. The minimum Gasteiger partial charge on any atom is -0.508 e. The molecule has 0 heterocycles. The quantitative estimate of drug-likeness (QED) is 0.863. The van der Waals surface area contributed by atoms with E-state index in [2.05, 4.69) is 25.2 Å². The fraction of sp³-hybridized carbons (Fsp3) is 0.684. The van der Waals surface area contributed by atoms with E-state index in [0.29, 0.717) is 17.7 Å². The molecule has 2 bridgehead atoms. The Morgan fingerprint density at radius 1 is 1.05 bits per heavy atom. The van der Waals surface area contributed by atoms with Gasteiger partial charge in [-0.3, -0.25) is 0 Å². The van der Waals surface area contributed by atoms with E-state index in [9.17, 15) is 5.11 Å². The number of rotatable bonds is 2. The van der Waals surface area contributed by atoms with Crippen molar-refractivity contribution in [3.8, 4) is 5.75 Å². The average Bonchev–Trinajstić information content (AvgIpc) is 2.80. The molecule has 3 saturated carbocycles. The van der Waals surface area contributed by atoms with E-state index in [0.717, 1.165) is 36.1 Å². The third-order valence-corrected chi connectivity index (χ3v) is 7.04. The molecule has 2 nitrogen and oxygen atoms in total. The first-order valence-corrected chi connectivity index (χ1v) is 8.73. The van der Waals surface area contributed by atoms with Crippen LogP contribution in [0, 0.1) is 30.6 Å². The third kappa shape index (κ3) is 1.57. The van der Waals surface area contributed by atoms with Crippen LogP contribution >= 0.6 is 0 Å². The van der Waals surface area contributed by atoms with E-state index in [1.165, 1.54) is 36.0 Å². The van der Waals surface area contributed by atoms with Gasteiger partial charge in [-0.05, 0) is 79.4 Å². The van der Waals surface area contributed by atoms with Crippen molar-refractivity contribution in [1.29, 1.82) is 0 Å². The summed E-state index contributed by atoms with van der Waals surface area (Å²) in [5.41, 5.74) is 3.96. The molecule has 4 aliphatic rings. The Hall–Kier alpha value is -1.02. The van der Waals surface area contributed by atoms with E-state index in [1.54, 1.807) is 0 Å². The van der Waals surface area contributed by atoms with Gasteiger partial charge in [0.2, 0.25) is 0 Å². The highest BCUT2D eigenvalue weighted by Gasteiger charge is 2.65. The van der Waals surface area contributed by atoms with Crippen LogP contribution in [-0.4, -0.2) is 11.1 Å². The second kappa shape index (κ2) is 4.04. The lowest BCUT2D eigenvalue weighted by molar-refractivity contribution is 0.401. The molecule has 0 saturated heterocycles. The first-order valence-electron chi connectivity index (χ1n) is 8.73. The standard InChI is InChI=1S/C19H25NO/c1-9-3-6-14(21)18-13(7-10(2)15(9)18)20-19-16-11-4-5-12(8-11)17(16)19/h3,6,10-13,16-17,19-21H,4-5,7-8H2,1-2H3. The molecule has 1 aromatic rings. The van der Waals surface area contributed by atoms with Crippen LogP contribution in [0.1, 0.15) is 61.3 Å². The molecule has 6 atom stereocenters. The summed E-state index contributed by atoms with van der Waals surface area (Å²) in [6, 6.07) is 5.08. The number of hydrogen-bond donors (Lipinski definition) is 2. The highest BCUT2D eigenvalue weighted by Crippen LogP contribution is 2.66. The molecule has 2 heteroatoms. The van der Waals surface area contributed by atoms with Gasteiger partial charge in [0.05, 0.1) is 0 Å². The molecule has 6 unspecified atom stereocenters. The molecule has 0 radical (unpaired) electrons. The summed E-state index contributed by atoms with van der Waals surface area (Å²) in [5, 5.41) is 14.3. The van der Waals surface area contributed by atoms with Crippen molar-refractivity contribution in [3.63, 3.8) is 0 Å². The summed E-state index contributed by atoms with van der Waals surface area (Å²) < 4.78 is 0. The number of aryl methyl sites for hydroxylation is 1. The van der Waals surface area contributed by atoms with Crippen molar-refractivity contribution < 1.29 is 5.11 Å². The van der Waals surface area contributed by atoms with Gasteiger partial charge in [-0.2, -0.15) is 0 Å². The first kappa shape index (κ1) is 12.5. The Balaban J connectivity index is 1.42. The van der Waals surface area contributed by atoms with Crippen molar-refractivity contribution in [1.82, 2.24) is 5.32 Å². The zero-order valence-electron chi connectivity index (χ0n) is 13.0. The number of phenolic OH excluding ortho intramolecular Hbond substituents is 1. The number of hydrogen-bond acceptors (Lipinski definition) is 2. The van der Waals surface area contributed by atoms with Crippen molar-refractivity contribution in [2.24, 2.45) is 23.7 Å². The number of fused-ring (bicyclic) bond motifs is 6. The molecule has 5 rings (SSSR count). The van der Waals surface area contributed by atoms with E-state index in [-0.39, 0.29) is 0 Å². The Bertz CT molecular complexity index is 594. The van der Waals surface area contributed by atoms with Gasteiger partial charge < -0.3 is 10.4 Å². The van der Waals surface area contributed by atoms with E-state index in [1.807, 2.05) is 6.07 Å². The van der Waals surface area contributed by atoms with Gasteiger partial charge in [0.15, 0.2) is 0 Å². The van der Waals surface area contributed by atoms with E-state index >= 15 is 0 Å². The molecule has 112 valence electrons. The molecule has 0 spiro atoms. The summed E-state index contributed by atoms with van der Waals surface area (Å²) in [5.74, 6) is 5.04. The summed E-state index contributed by atoms with van der Waals surface area (Å²) in [6.07, 6.45) is 5.62. The van der Waals surface area contributed by atoms with E-state index in [4.69, 9.17) is 0 Å². The van der Waals surface area contributed by atoms with Crippen molar-refractivity contribution in [3.05, 3.63) is 28.8 Å². The number of aromatic hydroxyl groups is 1. The Kier molecular flexibility index (Phi) is 2.41. The summed E-state index contributed by atoms with van der Waals surface area (Å²) in [6.45, 7) is 4.49. The zero-order valence-corrected chi connectivity index (χ0v) is 13.0. The highest BCUT2D eigenvalue weighted by atomic mass is 16.3. The number of nitrogens with one attached hydrogen (secondary N) is 1. The van der Waals surface area contributed by atoms with Gasteiger partial charge in [0.25, 0.3) is 0 Å². The zero-order chi connectivity index (χ0) is 14.3. The van der Waals surface area contributed by atoms with Gasteiger partial charge in [-0.1, -0.05) is 13.0 Å². The molecule has 2 N–H and O–H groups in total. The largest absolute Gasteiger partial charge is 0.508 e. The van der Waals surface area contributed by atoms with Crippen molar-refractivity contribution in [2.45, 2.75) is 57.5 Å². The lowest BCUT2D eigenvalue weighted by Crippen LogP contribution is -2.26. The third-order valence-electron chi connectivity index (χ3n) is 7.04. The van der Waals surface area contributed by atoms with Gasteiger partial charge in [0, 0.05) is 17.6 Å². The predicted octanol–water partition coefficient (Wildman–Crippen LogP) is 3.88. The Labute approximate surface area is 126 Å². The fourth-order valence-corrected chi connectivity index (χ4v) is 6.28. The van der Waals surface area contributed by atoms with Gasteiger partial charge in [-0.15, -0.1) is 0 Å². The molecule has 0 amide bonds. The second-order valence-corrected chi connectivity index (χ2v) is 8.10. The van der Waals surface area contributed by atoms with Crippen LogP contribution in [0.25, 0.3) is 0 Å². The molecule has 0 aliphatic heterocycles.